The van der Waals surface area contributed by atoms with Gasteiger partial charge in [0, 0.05) is 32.6 Å². The van der Waals surface area contributed by atoms with Crippen LogP contribution in [0.5, 0.6) is 17.2 Å². The minimum atomic E-state index is 0.0638. The maximum absolute atomic E-state index is 12.2. The SMILES string of the molecule is COc1ccc(CNC(=O)CCN2CCc3cc(OC)c(OC)cc3C2)cc1. The first kappa shape index (κ1) is 20.0. The molecule has 0 spiro atoms. The van der Waals surface area contributed by atoms with Gasteiger partial charge in [0.1, 0.15) is 5.75 Å². The summed E-state index contributed by atoms with van der Waals surface area (Å²) in [7, 11) is 4.95. The van der Waals surface area contributed by atoms with E-state index in [0.717, 1.165) is 48.9 Å². The molecule has 0 radical (unpaired) electrons. The van der Waals surface area contributed by atoms with E-state index in [-0.39, 0.29) is 5.91 Å². The minimum absolute atomic E-state index is 0.0638. The van der Waals surface area contributed by atoms with E-state index in [1.165, 1.54) is 11.1 Å². The monoisotopic (exact) mass is 384 g/mol. The summed E-state index contributed by atoms with van der Waals surface area (Å²) in [5.41, 5.74) is 3.59. The molecule has 2 aromatic rings. The van der Waals surface area contributed by atoms with Gasteiger partial charge in [-0.05, 0) is 47.4 Å². The molecule has 2 aromatic carbocycles. The van der Waals surface area contributed by atoms with Crippen molar-refractivity contribution in [2.75, 3.05) is 34.4 Å². The maximum atomic E-state index is 12.2. The van der Waals surface area contributed by atoms with E-state index in [1.807, 2.05) is 30.3 Å². The Labute approximate surface area is 166 Å². The van der Waals surface area contributed by atoms with Crippen molar-refractivity contribution >= 4 is 5.91 Å². The molecule has 0 bridgehead atoms. The van der Waals surface area contributed by atoms with Crippen LogP contribution in [0, 0.1) is 0 Å². The summed E-state index contributed by atoms with van der Waals surface area (Å²) in [6, 6.07) is 11.8. The van der Waals surface area contributed by atoms with Gasteiger partial charge in [0.15, 0.2) is 11.5 Å². The number of ether oxygens (including phenoxy) is 3. The number of hydrogen-bond donors (Lipinski definition) is 1. The Kier molecular flexibility index (Phi) is 6.76. The van der Waals surface area contributed by atoms with Crippen molar-refractivity contribution in [3.8, 4) is 17.2 Å². The first-order chi connectivity index (χ1) is 13.6. The molecule has 6 nitrogen and oxygen atoms in total. The first-order valence-electron chi connectivity index (χ1n) is 9.48. The molecule has 6 heteroatoms. The van der Waals surface area contributed by atoms with Gasteiger partial charge in [0.25, 0.3) is 0 Å². The number of hydrogen-bond acceptors (Lipinski definition) is 5. The van der Waals surface area contributed by atoms with Crippen LogP contribution < -0.4 is 19.5 Å². The molecular formula is C22H28N2O4. The summed E-state index contributed by atoms with van der Waals surface area (Å²) in [4.78, 5) is 14.5. The predicted octanol–water partition coefficient (Wildman–Crippen LogP) is 2.78. The predicted molar refractivity (Wildman–Crippen MR) is 108 cm³/mol. The Balaban J connectivity index is 1.48. The normalized spacial score (nSPS) is 13.5. The Morgan fingerprint density at radius 3 is 2.32 bits per heavy atom. The number of amides is 1. The van der Waals surface area contributed by atoms with Crippen molar-refractivity contribution in [3.63, 3.8) is 0 Å². The van der Waals surface area contributed by atoms with E-state index in [1.54, 1.807) is 21.3 Å². The highest BCUT2D eigenvalue weighted by Gasteiger charge is 2.19. The highest BCUT2D eigenvalue weighted by molar-refractivity contribution is 5.76. The fourth-order valence-electron chi connectivity index (χ4n) is 3.42. The van der Waals surface area contributed by atoms with Crippen molar-refractivity contribution in [2.24, 2.45) is 0 Å². The molecule has 1 amide bonds. The Morgan fingerprint density at radius 1 is 1.00 bits per heavy atom. The van der Waals surface area contributed by atoms with Gasteiger partial charge in [0.2, 0.25) is 5.91 Å². The summed E-state index contributed by atoms with van der Waals surface area (Å²) in [6.45, 7) is 3.03. The molecule has 1 aliphatic heterocycles. The molecule has 0 aromatic heterocycles. The standard InChI is InChI=1S/C22H28N2O4/c1-26-19-6-4-16(5-7-19)14-23-22(25)9-11-24-10-8-17-12-20(27-2)21(28-3)13-18(17)15-24/h4-7,12-13H,8-11,14-15H2,1-3H3,(H,23,25). The lowest BCUT2D eigenvalue weighted by molar-refractivity contribution is -0.121. The number of carbonyl (C=O) groups is 1. The van der Waals surface area contributed by atoms with E-state index >= 15 is 0 Å². The topological polar surface area (TPSA) is 60.0 Å². The molecule has 1 N–H and O–H groups in total. The molecule has 0 saturated heterocycles. The van der Waals surface area contributed by atoms with Crippen LogP contribution in [-0.2, 0) is 24.3 Å². The molecule has 0 fully saturated rings. The third kappa shape index (κ3) is 4.95. The van der Waals surface area contributed by atoms with Crippen LogP contribution in [-0.4, -0.2) is 45.2 Å². The number of rotatable bonds is 8. The maximum Gasteiger partial charge on any atom is 0.221 e. The van der Waals surface area contributed by atoms with Crippen molar-refractivity contribution < 1.29 is 19.0 Å². The molecule has 3 rings (SSSR count). The minimum Gasteiger partial charge on any atom is -0.497 e. The van der Waals surface area contributed by atoms with Gasteiger partial charge < -0.3 is 19.5 Å². The van der Waals surface area contributed by atoms with Gasteiger partial charge in [0.05, 0.1) is 21.3 Å². The van der Waals surface area contributed by atoms with Crippen LogP contribution in [0.15, 0.2) is 36.4 Å². The van der Waals surface area contributed by atoms with E-state index in [0.29, 0.717) is 13.0 Å². The molecule has 0 saturated carbocycles. The Bertz CT molecular complexity index is 805. The second-order valence-corrected chi connectivity index (χ2v) is 6.88. The third-order valence-electron chi connectivity index (χ3n) is 5.10. The van der Waals surface area contributed by atoms with Crippen molar-refractivity contribution in [2.45, 2.75) is 25.9 Å². The number of methoxy groups -OCH3 is 3. The number of carbonyl (C=O) groups excluding carboxylic acids is 1. The third-order valence-corrected chi connectivity index (χ3v) is 5.10. The van der Waals surface area contributed by atoms with Crippen LogP contribution in [0.1, 0.15) is 23.1 Å². The van der Waals surface area contributed by atoms with Crippen LogP contribution >= 0.6 is 0 Å². The quantitative estimate of drug-likeness (QED) is 0.758. The number of nitrogens with zero attached hydrogens (tertiary/aromatic N) is 1. The van der Waals surface area contributed by atoms with Crippen LogP contribution in [0.25, 0.3) is 0 Å². The zero-order valence-corrected chi connectivity index (χ0v) is 16.8. The van der Waals surface area contributed by atoms with Crippen molar-refractivity contribution in [1.29, 1.82) is 0 Å². The average molecular weight is 384 g/mol. The van der Waals surface area contributed by atoms with E-state index in [4.69, 9.17) is 14.2 Å². The van der Waals surface area contributed by atoms with Gasteiger partial charge in [-0.3, -0.25) is 9.69 Å². The molecule has 0 aliphatic carbocycles. The van der Waals surface area contributed by atoms with Crippen LogP contribution in [0.2, 0.25) is 0 Å². The van der Waals surface area contributed by atoms with Crippen LogP contribution in [0.4, 0.5) is 0 Å². The molecular weight excluding hydrogens is 356 g/mol. The van der Waals surface area contributed by atoms with Crippen LogP contribution in [0.3, 0.4) is 0 Å². The van der Waals surface area contributed by atoms with E-state index < -0.39 is 0 Å². The van der Waals surface area contributed by atoms with Gasteiger partial charge in [-0.2, -0.15) is 0 Å². The summed E-state index contributed by atoms with van der Waals surface area (Å²) in [6.07, 6.45) is 1.43. The average Bonchev–Trinajstić information content (AvgIpc) is 2.75. The summed E-state index contributed by atoms with van der Waals surface area (Å²) in [5.74, 6) is 2.40. The zero-order chi connectivity index (χ0) is 19.9. The molecule has 1 heterocycles. The Hall–Kier alpha value is -2.73. The lowest BCUT2D eigenvalue weighted by Crippen LogP contribution is -2.34. The molecule has 0 atom stereocenters. The summed E-state index contributed by atoms with van der Waals surface area (Å²) in [5, 5.41) is 2.99. The van der Waals surface area contributed by atoms with E-state index in [9.17, 15) is 4.79 Å². The fraction of sp³-hybridized carbons (Fsp3) is 0.409. The lowest BCUT2D eigenvalue weighted by atomic mass is 9.98. The number of benzene rings is 2. The lowest BCUT2D eigenvalue weighted by Gasteiger charge is -2.29. The summed E-state index contributed by atoms with van der Waals surface area (Å²) >= 11 is 0. The van der Waals surface area contributed by atoms with E-state index in [2.05, 4.69) is 16.3 Å². The molecule has 150 valence electrons. The highest BCUT2D eigenvalue weighted by Crippen LogP contribution is 2.33. The van der Waals surface area contributed by atoms with Gasteiger partial charge in [-0.15, -0.1) is 0 Å². The number of fused-ring (bicyclic) bond motifs is 1. The zero-order valence-electron chi connectivity index (χ0n) is 16.8. The second-order valence-electron chi connectivity index (χ2n) is 6.88. The Morgan fingerprint density at radius 2 is 1.68 bits per heavy atom. The van der Waals surface area contributed by atoms with Gasteiger partial charge in [-0.25, -0.2) is 0 Å². The highest BCUT2D eigenvalue weighted by atomic mass is 16.5. The first-order valence-corrected chi connectivity index (χ1v) is 9.48. The van der Waals surface area contributed by atoms with Gasteiger partial charge in [-0.1, -0.05) is 12.1 Å². The largest absolute Gasteiger partial charge is 0.497 e. The van der Waals surface area contributed by atoms with Crippen molar-refractivity contribution in [3.05, 3.63) is 53.1 Å². The van der Waals surface area contributed by atoms with Crippen molar-refractivity contribution in [1.82, 2.24) is 10.2 Å². The molecule has 28 heavy (non-hydrogen) atoms. The molecule has 0 unspecified atom stereocenters. The summed E-state index contributed by atoms with van der Waals surface area (Å²) < 4.78 is 15.9. The smallest absolute Gasteiger partial charge is 0.221 e. The molecule has 1 aliphatic rings. The van der Waals surface area contributed by atoms with Gasteiger partial charge >= 0.3 is 0 Å². The fourth-order valence-corrected chi connectivity index (χ4v) is 3.42. The number of nitrogens with one attached hydrogen (secondary N) is 1. The second kappa shape index (κ2) is 9.46.